The van der Waals surface area contributed by atoms with Gasteiger partial charge in [0, 0.05) is 18.6 Å². The molecule has 194 valence electrons. The van der Waals surface area contributed by atoms with Crippen LogP contribution in [-0.2, 0) is 28.8 Å². The van der Waals surface area contributed by atoms with E-state index >= 15 is 0 Å². The van der Waals surface area contributed by atoms with Crippen molar-refractivity contribution in [2.24, 2.45) is 11.5 Å². The quantitative estimate of drug-likeness (QED) is 0.0700. The van der Waals surface area contributed by atoms with Crippen LogP contribution in [-0.4, -0.2) is 87.4 Å². The molecular weight excluding hydrogens is 474 g/mol. The van der Waals surface area contributed by atoms with Gasteiger partial charge in [-0.05, 0) is 38.6 Å². The van der Waals surface area contributed by atoms with E-state index in [1.165, 1.54) is 0 Å². The van der Waals surface area contributed by atoms with Crippen LogP contribution in [0.5, 0.6) is 0 Å². The number of carbonyl (C=O) groups is 6. The fraction of sp³-hybridized carbons (Fsp3) is 0.684. The van der Waals surface area contributed by atoms with Crippen molar-refractivity contribution in [3.8, 4) is 0 Å². The lowest BCUT2D eigenvalue weighted by atomic mass is 10.0. The number of nitrogens with two attached hydrogens (primary N) is 2. The van der Waals surface area contributed by atoms with Crippen molar-refractivity contribution in [3.63, 3.8) is 0 Å². The highest BCUT2D eigenvalue weighted by Crippen LogP contribution is 2.06. The van der Waals surface area contributed by atoms with E-state index in [-0.39, 0.29) is 31.4 Å². The molecule has 14 nitrogen and oxygen atoms in total. The summed E-state index contributed by atoms with van der Waals surface area (Å²) in [5, 5.41) is 33.7. The van der Waals surface area contributed by atoms with Crippen LogP contribution in [0.2, 0.25) is 0 Å². The van der Waals surface area contributed by atoms with Gasteiger partial charge in [0.2, 0.25) is 17.7 Å². The zero-order valence-electron chi connectivity index (χ0n) is 18.6. The van der Waals surface area contributed by atoms with Crippen LogP contribution in [0.15, 0.2) is 0 Å². The van der Waals surface area contributed by atoms with Gasteiger partial charge in [-0.2, -0.15) is 12.6 Å². The summed E-state index contributed by atoms with van der Waals surface area (Å²) < 4.78 is 0. The van der Waals surface area contributed by atoms with E-state index in [1.54, 1.807) is 0 Å². The highest BCUT2D eigenvalue weighted by Gasteiger charge is 2.30. The number of amides is 3. The van der Waals surface area contributed by atoms with Gasteiger partial charge in [0.25, 0.3) is 0 Å². The van der Waals surface area contributed by atoms with Gasteiger partial charge in [-0.15, -0.1) is 0 Å². The summed E-state index contributed by atoms with van der Waals surface area (Å²) in [5.74, 6) is -6.52. The van der Waals surface area contributed by atoms with Crippen molar-refractivity contribution in [1.82, 2.24) is 16.0 Å². The molecule has 10 N–H and O–H groups in total. The first-order valence-electron chi connectivity index (χ1n) is 10.6. The highest BCUT2D eigenvalue weighted by atomic mass is 32.1. The summed E-state index contributed by atoms with van der Waals surface area (Å²) in [6.07, 6.45) is -0.299. The van der Waals surface area contributed by atoms with Gasteiger partial charge in [-0.3, -0.25) is 24.0 Å². The molecular formula is C19H33N5O9S. The van der Waals surface area contributed by atoms with E-state index in [9.17, 15) is 28.8 Å². The van der Waals surface area contributed by atoms with E-state index in [1.807, 2.05) is 0 Å². The van der Waals surface area contributed by atoms with E-state index in [4.69, 9.17) is 26.8 Å². The smallest absolute Gasteiger partial charge is 0.327 e. The molecule has 0 bridgehead atoms. The first-order valence-corrected chi connectivity index (χ1v) is 11.2. The van der Waals surface area contributed by atoms with Gasteiger partial charge in [0.05, 0.1) is 6.04 Å². The second-order valence-corrected chi connectivity index (χ2v) is 7.83. The lowest BCUT2D eigenvalue weighted by molar-refractivity contribution is -0.142. The predicted molar refractivity (Wildman–Crippen MR) is 122 cm³/mol. The number of hydrogen-bond donors (Lipinski definition) is 9. The number of carboxylic acid groups (broad SMARTS) is 3. The van der Waals surface area contributed by atoms with Crippen molar-refractivity contribution in [2.75, 3.05) is 12.3 Å². The molecule has 0 aliphatic carbocycles. The van der Waals surface area contributed by atoms with Crippen LogP contribution in [0.4, 0.5) is 0 Å². The maximum Gasteiger partial charge on any atom is 0.327 e. The number of hydrogen-bond acceptors (Lipinski definition) is 9. The molecule has 0 aromatic rings. The molecule has 15 heteroatoms. The normalized spacial score (nSPS) is 14.2. The standard InChI is InChI=1S/C19H33N5O9S/c20-8-2-1-3-11(22-16(29)10(21)4-6-14(25)26)17(30)23-12(5-7-15(27)28)18(31)24-13(9-34)19(32)33/h10-13,34H,1-9,20-21H2,(H,22,29)(H,23,30)(H,24,31)(H,25,26)(H,27,28)(H,32,33). The van der Waals surface area contributed by atoms with E-state index in [0.29, 0.717) is 19.4 Å². The van der Waals surface area contributed by atoms with E-state index in [2.05, 4.69) is 28.6 Å². The number of rotatable bonds is 18. The molecule has 0 fully saturated rings. The van der Waals surface area contributed by atoms with Crippen LogP contribution < -0.4 is 27.4 Å². The fourth-order valence-corrected chi connectivity index (χ4v) is 2.96. The monoisotopic (exact) mass is 507 g/mol. The van der Waals surface area contributed by atoms with Crippen molar-refractivity contribution in [3.05, 3.63) is 0 Å². The topological polar surface area (TPSA) is 251 Å². The van der Waals surface area contributed by atoms with Crippen LogP contribution >= 0.6 is 12.6 Å². The maximum absolute atomic E-state index is 12.9. The molecule has 0 aromatic heterocycles. The summed E-state index contributed by atoms with van der Waals surface area (Å²) in [7, 11) is 0. The van der Waals surface area contributed by atoms with Crippen molar-refractivity contribution >= 4 is 48.3 Å². The number of unbranched alkanes of at least 4 members (excludes halogenated alkanes) is 1. The second-order valence-electron chi connectivity index (χ2n) is 7.46. The molecule has 0 aliphatic heterocycles. The lowest BCUT2D eigenvalue weighted by Crippen LogP contribution is -2.57. The van der Waals surface area contributed by atoms with Gasteiger partial charge in [-0.1, -0.05) is 0 Å². The molecule has 0 saturated heterocycles. The Morgan fingerprint density at radius 1 is 0.706 bits per heavy atom. The Hall–Kier alpha value is -2.91. The average Bonchev–Trinajstić information content (AvgIpc) is 2.76. The van der Waals surface area contributed by atoms with Gasteiger partial charge in [-0.25, -0.2) is 4.79 Å². The van der Waals surface area contributed by atoms with Crippen LogP contribution in [0.25, 0.3) is 0 Å². The minimum atomic E-state index is -1.40. The Balaban J connectivity index is 5.46. The SMILES string of the molecule is NCCCCC(NC(=O)C(N)CCC(=O)O)C(=O)NC(CCC(=O)O)C(=O)NC(CS)C(=O)O. The van der Waals surface area contributed by atoms with E-state index < -0.39 is 66.2 Å². The zero-order chi connectivity index (χ0) is 26.3. The molecule has 3 amide bonds. The summed E-state index contributed by atoms with van der Waals surface area (Å²) in [5.41, 5.74) is 11.1. The van der Waals surface area contributed by atoms with Gasteiger partial charge < -0.3 is 42.7 Å². The van der Waals surface area contributed by atoms with Crippen molar-refractivity contribution in [1.29, 1.82) is 0 Å². The Bertz CT molecular complexity index is 737. The molecule has 4 unspecified atom stereocenters. The first-order chi connectivity index (χ1) is 15.9. The Kier molecular flexibility index (Phi) is 15.2. The zero-order valence-corrected chi connectivity index (χ0v) is 19.5. The first kappa shape index (κ1) is 31.1. The third kappa shape index (κ3) is 13.0. The van der Waals surface area contributed by atoms with Gasteiger partial charge in [0.15, 0.2) is 0 Å². The summed E-state index contributed by atoms with van der Waals surface area (Å²) in [4.78, 5) is 70.5. The molecule has 4 atom stereocenters. The van der Waals surface area contributed by atoms with E-state index in [0.717, 1.165) is 0 Å². The molecule has 0 saturated carbocycles. The third-order valence-corrected chi connectivity index (χ3v) is 5.03. The summed E-state index contributed by atoms with van der Waals surface area (Å²) in [6, 6.07) is -5.14. The Morgan fingerprint density at radius 2 is 1.18 bits per heavy atom. The average molecular weight is 508 g/mol. The number of thiol groups is 1. The molecule has 0 aromatic carbocycles. The fourth-order valence-electron chi connectivity index (χ4n) is 2.72. The second kappa shape index (κ2) is 16.7. The van der Waals surface area contributed by atoms with Crippen molar-refractivity contribution in [2.45, 2.75) is 69.1 Å². The van der Waals surface area contributed by atoms with Crippen LogP contribution in [0.3, 0.4) is 0 Å². The molecule has 0 spiro atoms. The number of carbonyl (C=O) groups excluding carboxylic acids is 3. The Labute approximate surface area is 201 Å². The molecule has 34 heavy (non-hydrogen) atoms. The summed E-state index contributed by atoms with van der Waals surface area (Å²) >= 11 is 3.84. The molecule has 0 aliphatic rings. The number of carboxylic acids is 3. The molecule has 0 rings (SSSR count). The van der Waals surface area contributed by atoms with Gasteiger partial charge >= 0.3 is 17.9 Å². The third-order valence-electron chi connectivity index (χ3n) is 4.66. The van der Waals surface area contributed by atoms with Crippen LogP contribution in [0, 0.1) is 0 Å². The van der Waals surface area contributed by atoms with Crippen molar-refractivity contribution < 1.29 is 44.1 Å². The maximum atomic E-state index is 12.9. The highest BCUT2D eigenvalue weighted by molar-refractivity contribution is 7.80. The minimum absolute atomic E-state index is 0.113. The minimum Gasteiger partial charge on any atom is -0.481 e. The summed E-state index contributed by atoms with van der Waals surface area (Å²) in [6.45, 7) is 0.324. The number of aliphatic carboxylic acids is 3. The Morgan fingerprint density at radius 3 is 1.65 bits per heavy atom. The lowest BCUT2D eigenvalue weighted by Gasteiger charge is -2.25. The van der Waals surface area contributed by atoms with Crippen LogP contribution in [0.1, 0.15) is 44.9 Å². The van der Waals surface area contributed by atoms with Gasteiger partial charge in [0.1, 0.15) is 18.1 Å². The molecule has 0 heterocycles. The largest absolute Gasteiger partial charge is 0.481 e. The number of nitrogens with one attached hydrogen (secondary N) is 3. The predicted octanol–water partition coefficient (Wildman–Crippen LogP) is -2.36. The molecule has 0 radical (unpaired) electrons.